The molecule has 38 heavy (non-hydrogen) atoms. The van der Waals surface area contributed by atoms with Crippen LogP contribution in [-0.2, 0) is 30.5 Å². The van der Waals surface area contributed by atoms with Gasteiger partial charge in [0.1, 0.15) is 30.4 Å². The Kier molecular flexibility index (Phi) is 8.75. The number of thioether (sulfide) groups is 1. The SMILES string of the molecule is CCON=C(C(=O)NC1C(=O)N2C(C(=O)[O-])=C(C[n+]3ccc(OCCOC)cc3)CS[C@H]12)c1nsc(N)n1. The summed E-state index contributed by atoms with van der Waals surface area (Å²) in [6, 6.07) is 2.52. The van der Waals surface area contributed by atoms with Crippen molar-refractivity contribution in [3.8, 4) is 5.75 Å². The number of pyridine rings is 1. The number of nitrogens with zero attached hydrogens (tertiary/aromatic N) is 5. The van der Waals surface area contributed by atoms with Gasteiger partial charge in [0.05, 0.1) is 18.3 Å². The van der Waals surface area contributed by atoms with Crippen LogP contribution in [0.4, 0.5) is 5.13 Å². The Balaban J connectivity index is 1.47. The lowest BCUT2D eigenvalue weighted by atomic mass is 10.0. The van der Waals surface area contributed by atoms with Crippen molar-refractivity contribution in [3.05, 3.63) is 41.6 Å². The number of carbonyl (C=O) groups is 3. The van der Waals surface area contributed by atoms with Gasteiger partial charge in [0.25, 0.3) is 11.8 Å². The molecule has 4 heterocycles. The predicted molar refractivity (Wildman–Crippen MR) is 134 cm³/mol. The van der Waals surface area contributed by atoms with Crippen molar-refractivity contribution in [3.63, 3.8) is 0 Å². The van der Waals surface area contributed by atoms with Crippen LogP contribution in [0.3, 0.4) is 0 Å². The number of oxime groups is 1. The number of carboxylic acids is 1. The van der Waals surface area contributed by atoms with E-state index >= 15 is 0 Å². The monoisotopic (exact) mass is 563 g/mol. The van der Waals surface area contributed by atoms with Gasteiger partial charge in [0.15, 0.2) is 24.1 Å². The van der Waals surface area contributed by atoms with Crippen LogP contribution in [0.15, 0.2) is 41.0 Å². The molecule has 4 rings (SSSR count). The molecule has 14 nitrogen and oxygen atoms in total. The summed E-state index contributed by atoms with van der Waals surface area (Å²) in [6.45, 7) is 2.96. The Bertz CT molecular complexity index is 1260. The summed E-state index contributed by atoms with van der Waals surface area (Å²) in [5.41, 5.74) is 5.67. The van der Waals surface area contributed by atoms with E-state index in [1.165, 1.54) is 11.8 Å². The molecule has 3 N–H and O–H groups in total. The number of ether oxygens (including phenoxy) is 2. The van der Waals surface area contributed by atoms with E-state index in [1.54, 1.807) is 43.1 Å². The van der Waals surface area contributed by atoms with Gasteiger partial charge < -0.3 is 35.3 Å². The number of carboxylic acid groups (broad SMARTS) is 1. The third kappa shape index (κ3) is 5.87. The van der Waals surface area contributed by atoms with E-state index in [1.807, 2.05) is 0 Å². The molecule has 1 fully saturated rings. The van der Waals surface area contributed by atoms with E-state index < -0.39 is 29.2 Å². The molecule has 2 aromatic heterocycles. The topological polar surface area (TPSA) is 185 Å². The minimum atomic E-state index is -1.47. The lowest BCUT2D eigenvalue weighted by Gasteiger charge is -2.50. The summed E-state index contributed by atoms with van der Waals surface area (Å²) in [5, 5.41) is 17.9. The Hall–Kier alpha value is -3.76. The first-order valence-corrected chi connectivity index (χ1v) is 13.3. The molecule has 16 heteroatoms. The summed E-state index contributed by atoms with van der Waals surface area (Å²) in [6.07, 6.45) is 3.50. The highest BCUT2D eigenvalue weighted by Gasteiger charge is 2.53. The standard InChI is InChI=1S/C22H25N7O7S2/c1-3-36-26-14(17-25-22(23)38-27-17)18(30)24-15-19(31)29-16(21(32)33)12(11-37-20(15)29)10-28-6-4-13(5-7-28)35-9-8-34-2/h4-7,15,20H,3,8-11H2,1-2H3,(H3-,23,24,25,27,30,32,33)/t15?,20-/m1/s1. The van der Waals surface area contributed by atoms with Crippen LogP contribution >= 0.6 is 23.3 Å². The molecular weight excluding hydrogens is 538 g/mol. The zero-order valence-electron chi connectivity index (χ0n) is 20.5. The number of fused-ring (bicyclic) bond motifs is 1. The number of aliphatic carboxylic acids is 1. The zero-order chi connectivity index (χ0) is 27.2. The first-order chi connectivity index (χ1) is 18.3. The Morgan fingerprint density at radius 1 is 1.34 bits per heavy atom. The van der Waals surface area contributed by atoms with Crippen molar-refractivity contribution in [2.24, 2.45) is 5.16 Å². The number of rotatable bonds is 12. The third-order valence-electron chi connectivity index (χ3n) is 5.47. The lowest BCUT2D eigenvalue weighted by molar-refractivity contribution is -0.689. The average molecular weight is 564 g/mol. The number of aromatic nitrogens is 3. The molecule has 0 aromatic carbocycles. The minimum Gasteiger partial charge on any atom is -0.543 e. The highest BCUT2D eigenvalue weighted by atomic mass is 32.2. The van der Waals surface area contributed by atoms with Crippen LogP contribution in [0.2, 0.25) is 0 Å². The highest BCUT2D eigenvalue weighted by Crippen LogP contribution is 2.40. The third-order valence-corrected chi connectivity index (χ3v) is 7.35. The van der Waals surface area contributed by atoms with Crippen LogP contribution in [-0.4, -0.2) is 81.9 Å². The smallest absolute Gasteiger partial charge is 0.278 e. The minimum absolute atomic E-state index is 0.0388. The Labute approximate surface area is 225 Å². The first-order valence-electron chi connectivity index (χ1n) is 11.4. The van der Waals surface area contributed by atoms with Gasteiger partial charge in [-0.15, -0.1) is 11.8 Å². The van der Waals surface area contributed by atoms with Crippen LogP contribution in [0.1, 0.15) is 12.7 Å². The Morgan fingerprint density at radius 2 is 2.11 bits per heavy atom. The quantitative estimate of drug-likeness (QED) is 0.0984. The molecule has 0 bridgehead atoms. The summed E-state index contributed by atoms with van der Waals surface area (Å²) < 4.78 is 16.2. The van der Waals surface area contributed by atoms with E-state index in [2.05, 4.69) is 19.8 Å². The molecule has 2 aromatic rings. The zero-order valence-corrected chi connectivity index (χ0v) is 22.1. The summed E-state index contributed by atoms with van der Waals surface area (Å²) in [4.78, 5) is 48.1. The van der Waals surface area contributed by atoms with Gasteiger partial charge >= 0.3 is 0 Å². The fourth-order valence-electron chi connectivity index (χ4n) is 3.76. The van der Waals surface area contributed by atoms with Crippen LogP contribution in [0.5, 0.6) is 5.75 Å². The number of nitrogens with two attached hydrogens (primary N) is 1. The fourth-order valence-corrected chi connectivity index (χ4v) is 5.53. The maximum atomic E-state index is 13.0. The number of hydrogen-bond donors (Lipinski definition) is 2. The normalized spacial score (nSPS) is 19.1. The van der Waals surface area contributed by atoms with Gasteiger partial charge in [-0.3, -0.25) is 14.5 Å². The average Bonchev–Trinajstić information content (AvgIpc) is 3.33. The van der Waals surface area contributed by atoms with Crippen molar-refractivity contribution in [1.82, 2.24) is 19.6 Å². The van der Waals surface area contributed by atoms with Crippen molar-refractivity contribution in [1.29, 1.82) is 0 Å². The van der Waals surface area contributed by atoms with Crippen molar-refractivity contribution in [2.45, 2.75) is 24.9 Å². The maximum Gasteiger partial charge on any atom is 0.278 e. The van der Waals surface area contributed by atoms with Crippen molar-refractivity contribution in [2.75, 3.05) is 38.4 Å². The fraction of sp³-hybridized carbons (Fsp3) is 0.409. The molecule has 0 radical (unpaired) electrons. The summed E-state index contributed by atoms with van der Waals surface area (Å²) >= 11 is 2.21. The van der Waals surface area contributed by atoms with E-state index in [-0.39, 0.29) is 35.5 Å². The molecule has 2 amide bonds. The molecule has 2 atom stereocenters. The molecule has 1 saturated heterocycles. The number of methoxy groups -OCH3 is 1. The number of amides is 2. The predicted octanol–water partition coefficient (Wildman–Crippen LogP) is -1.72. The van der Waals surface area contributed by atoms with Gasteiger partial charge in [-0.1, -0.05) is 5.16 Å². The highest BCUT2D eigenvalue weighted by molar-refractivity contribution is 8.00. The second kappa shape index (κ2) is 12.2. The molecule has 0 aliphatic carbocycles. The van der Waals surface area contributed by atoms with E-state index in [0.717, 1.165) is 16.4 Å². The van der Waals surface area contributed by atoms with Crippen LogP contribution in [0, 0.1) is 0 Å². The number of anilines is 1. The van der Waals surface area contributed by atoms with Crippen molar-refractivity contribution < 1.29 is 38.4 Å². The Morgan fingerprint density at radius 3 is 2.74 bits per heavy atom. The van der Waals surface area contributed by atoms with Gasteiger partial charge in [0.2, 0.25) is 11.5 Å². The maximum absolute atomic E-state index is 13.0. The van der Waals surface area contributed by atoms with E-state index in [4.69, 9.17) is 20.0 Å². The molecule has 2 aliphatic rings. The lowest BCUT2D eigenvalue weighted by Crippen LogP contribution is -2.71. The number of hydrogen-bond acceptors (Lipinski definition) is 13. The number of carbonyl (C=O) groups excluding carboxylic acids is 3. The van der Waals surface area contributed by atoms with Crippen molar-refractivity contribution >= 4 is 51.9 Å². The van der Waals surface area contributed by atoms with Gasteiger partial charge in [0, 0.05) is 42.1 Å². The molecular formula is C22H25N7O7S2. The van der Waals surface area contributed by atoms with Crippen LogP contribution < -0.4 is 25.5 Å². The molecule has 1 unspecified atom stereocenters. The molecule has 2 aliphatic heterocycles. The number of nitrogens with one attached hydrogen (secondary N) is 1. The molecule has 0 saturated carbocycles. The van der Waals surface area contributed by atoms with Gasteiger partial charge in [-0.05, 0) is 6.92 Å². The first kappa shape index (κ1) is 27.3. The number of nitrogen functional groups attached to an aromatic ring is 1. The number of β-lactam (4-membered cyclic amide) rings is 1. The van der Waals surface area contributed by atoms with E-state index in [0.29, 0.717) is 30.3 Å². The summed E-state index contributed by atoms with van der Waals surface area (Å²) in [5.74, 6) is -1.88. The second-order valence-electron chi connectivity index (χ2n) is 7.96. The summed E-state index contributed by atoms with van der Waals surface area (Å²) in [7, 11) is 1.58. The van der Waals surface area contributed by atoms with Gasteiger partial charge in [-0.2, -0.15) is 9.36 Å². The van der Waals surface area contributed by atoms with Gasteiger partial charge in [-0.25, -0.2) is 4.57 Å². The largest absolute Gasteiger partial charge is 0.543 e. The van der Waals surface area contributed by atoms with E-state index in [9.17, 15) is 19.5 Å². The molecule has 0 spiro atoms. The molecule has 202 valence electrons. The second-order valence-corrected chi connectivity index (χ2v) is 9.85. The van der Waals surface area contributed by atoms with Crippen LogP contribution in [0.25, 0.3) is 0 Å².